The first kappa shape index (κ1) is 19.6. The van der Waals surface area contributed by atoms with Gasteiger partial charge in [-0.05, 0) is 48.0 Å². The zero-order valence-corrected chi connectivity index (χ0v) is 15.3. The van der Waals surface area contributed by atoms with Gasteiger partial charge in [-0.15, -0.1) is 0 Å². The first-order valence-corrected chi connectivity index (χ1v) is 8.71. The van der Waals surface area contributed by atoms with Crippen LogP contribution < -0.4 is 15.5 Å². The van der Waals surface area contributed by atoms with Crippen molar-refractivity contribution in [3.05, 3.63) is 94.5 Å². The van der Waals surface area contributed by atoms with Crippen molar-refractivity contribution in [3.63, 3.8) is 0 Å². The minimum Gasteiger partial charge on any atom is -0.484 e. The summed E-state index contributed by atoms with van der Waals surface area (Å²) in [5.41, 5.74) is 4.76. The Hall–Kier alpha value is -4.20. The number of benzene rings is 3. The lowest BCUT2D eigenvalue weighted by molar-refractivity contribution is -0.384. The number of non-ortho nitro benzene ring substituents is 1. The average Bonchev–Trinajstić information content (AvgIpc) is 2.74. The molecule has 2 N–H and O–H groups in total. The zero-order valence-electron chi connectivity index (χ0n) is 15.3. The molecular formula is C21H18N4O4. The molecule has 146 valence electrons. The molecule has 0 aromatic heterocycles. The average molecular weight is 390 g/mol. The van der Waals surface area contributed by atoms with Crippen molar-refractivity contribution in [1.29, 1.82) is 0 Å². The number of anilines is 2. The smallest absolute Gasteiger partial charge is 0.271 e. The molecule has 3 rings (SSSR count). The van der Waals surface area contributed by atoms with Gasteiger partial charge in [-0.1, -0.05) is 24.3 Å². The van der Waals surface area contributed by atoms with Crippen LogP contribution >= 0.6 is 0 Å². The molecule has 29 heavy (non-hydrogen) atoms. The molecule has 0 unspecified atom stereocenters. The van der Waals surface area contributed by atoms with Gasteiger partial charge in [0.15, 0.2) is 6.61 Å². The molecule has 0 saturated carbocycles. The van der Waals surface area contributed by atoms with E-state index in [4.69, 9.17) is 4.74 Å². The Labute approximate surface area is 167 Å². The van der Waals surface area contributed by atoms with Crippen LogP contribution in [0.4, 0.5) is 17.1 Å². The molecule has 8 nitrogen and oxygen atoms in total. The molecule has 0 radical (unpaired) electrons. The quantitative estimate of drug-likeness (QED) is 0.343. The number of nitrogens with one attached hydrogen (secondary N) is 2. The Morgan fingerprint density at radius 1 is 1.00 bits per heavy atom. The second kappa shape index (κ2) is 9.65. The number of nitro groups is 1. The van der Waals surface area contributed by atoms with Crippen LogP contribution in [0.1, 0.15) is 5.56 Å². The Bertz CT molecular complexity index is 1000. The van der Waals surface area contributed by atoms with Gasteiger partial charge in [-0.2, -0.15) is 5.10 Å². The van der Waals surface area contributed by atoms with E-state index in [-0.39, 0.29) is 18.2 Å². The van der Waals surface area contributed by atoms with Gasteiger partial charge >= 0.3 is 0 Å². The molecule has 0 saturated heterocycles. The number of para-hydroxylation sites is 1. The monoisotopic (exact) mass is 390 g/mol. The van der Waals surface area contributed by atoms with Crippen LogP contribution in [0, 0.1) is 10.1 Å². The largest absolute Gasteiger partial charge is 0.484 e. The fourth-order valence-corrected chi connectivity index (χ4v) is 2.39. The van der Waals surface area contributed by atoms with Gasteiger partial charge in [-0.3, -0.25) is 20.3 Å². The summed E-state index contributed by atoms with van der Waals surface area (Å²) in [5.74, 6) is 0.306. The predicted molar refractivity (Wildman–Crippen MR) is 111 cm³/mol. The molecule has 1 amide bonds. The molecule has 0 spiro atoms. The number of nitrogens with zero attached hydrogens (tertiary/aromatic N) is 2. The van der Waals surface area contributed by atoms with Crippen LogP contribution in [0.5, 0.6) is 5.75 Å². The second-order valence-corrected chi connectivity index (χ2v) is 5.95. The van der Waals surface area contributed by atoms with Crippen molar-refractivity contribution in [2.45, 2.75) is 0 Å². The molecule has 0 aliphatic heterocycles. The highest BCUT2D eigenvalue weighted by Crippen LogP contribution is 2.17. The predicted octanol–water partition coefficient (Wildman–Crippen LogP) is 4.06. The highest BCUT2D eigenvalue weighted by atomic mass is 16.6. The van der Waals surface area contributed by atoms with Crippen molar-refractivity contribution < 1.29 is 14.5 Å². The summed E-state index contributed by atoms with van der Waals surface area (Å²) in [4.78, 5) is 22.2. The summed E-state index contributed by atoms with van der Waals surface area (Å²) in [6.45, 7) is -0.101. The van der Waals surface area contributed by atoms with E-state index < -0.39 is 4.92 Å². The van der Waals surface area contributed by atoms with Crippen LogP contribution in [-0.4, -0.2) is 23.7 Å². The standard InChI is InChI=1S/C21H18N4O4/c26-21(23-17-5-2-1-3-6-17)15-29-20-11-9-16(10-12-20)14-22-24-18-7-4-8-19(13-18)25(27)28/h1-14,24H,15H2,(H,23,26). The van der Waals surface area contributed by atoms with E-state index in [2.05, 4.69) is 15.8 Å². The van der Waals surface area contributed by atoms with Gasteiger partial charge in [-0.25, -0.2) is 0 Å². The third-order valence-corrected chi connectivity index (χ3v) is 3.77. The minimum atomic E-state index is -0.465. The number of ether oxygens (including phenoxy) is 1. The van der Waals surface area contributed by atoms with Gasteiger partial charge in [0.05, 0.1) is 16.8 Å². The summed E-state index contributed by atoms with van der Waals surface area (Å²) >= 11 is 0. The lowest BCUT2D eigenvalue weighted by Crippen LogP contribution is -2.20. The summed E-state index contributed by atoms with van der Waals surface area (Å²) in [5, 5.41) is 17.6. The van der Waals surface area contributed by atoms with Crippen molar-refractivity contribution in [2.75, 3.05) is 17.3 Å². The normalized spacial score (nSPS) is 10.5. The highest BCUT2D eigenvalue weighted by molar-refractivity contribution is 5.91. The van der Waals surface area contributed by atoms with E-state index in [1.165, 1.54) is 12.1 Å². The van der Waals surface area contributed by atoms with E-state index >= 15 is 0 Å². The number of hydrazone groups is 1. The molecule has 0 fully saturated rings. The Morgan fingerprint density at radius 2 is 1.72 bits per heavy atom. The Morgan fingerprint density at radius 3 is 2.45 bits per heavy atom. The fourth-order valence-electron chi connectivity index (χ4n) is 2.39. The number of hydrogen-bond donors (Lipinski definition) is 2. The maximum Gasteiger partial charge on any atom is 0.271 e. The minimum absolute atomic E-state index is 0.0111. The van der Waals surface area contributed by atoms with Crippen molar-refractivity contribution >= 4 is 29.2 Å². The number of rotatable bonds is 8. The van der Waals surface area contributed by atoms with E-state index in [0.29, 0.717) is 17.1 Å². The SMILES string of the molecule is O=C(COc1ccc(C=NNc2cccc([N+](=O)[O-])c2)cc1)Nc1ccccc1. The number of amides is 1. The molecule has 8 heteroatoms. The first-order valence-electron chi connectivity index (χ1n) is 8.71. The third kappa shape index (κ3) is 6.17. The molecule has 0 heterocycles. The van der Waals surface area contributed by atoms with E-state index in [1.807, 2.05) is 18.2 Å². The van der Waals surface area contributed by atoms with Gasteiger partial charge in [0, 0.05) is 17.8 Å². The number of hydrogen-bond acceptors (Lipinski definition) is 6. The van der Waals surface area contributed by atoms with Crippen LogP contribution in [0.15, 0.2) is 84.0 Å². The van der Waals surface area contributed by atoms with Crippen LogP contribution in [0.3, 0.4) is 0 Å². The molecule has 3 aromatic rings. The summed E-state index contributed by atoms with van der Waals surface area (Å²) in [7, 11) is 0. The Kier molecular flexibility index (Phi) is 6.51. The van der Waals surface area contributed by atoms with E-state index in [9.17, 15) is 14.9 Å². The lowest BCUT2D eigenvalue weighted by atomic mass is 10.2. The van der Waals surface area contributed by atoms with Gasteiger partial charge in [0.2, 0.25) is 0 Å². The number of carbonyl (C=O) groups excluding carboxylic acids is 1. The zero-order chi connectivity index (χ0) is 20.5. The summed E-state index contributed by atoms with van der Waals surface area (Å²) in [6.07, 6.45) is 1.57. The molecule has 0 aliphatic carbocycles. The number of carbonyl (C=O) groups is 1. The maximum absolute atomic E-state index is 11.9. The Balaban J connectivity index is 1.48. The summed E-state index contributed by atoms with van der Waals surface area (Å²) < 4.78 is 5.47. The third-order valence-electron chi connectivity index (χ3n) is 3.77. The summed E-state index contributed by atoms with van der Waals surface area (Å²) in [6, 6.07) is 22.2. The fraction of sp³-hybridized carbons (Fsp3) is 0.0476. The molecule has 0 aliphatic rings. The molecule has 0 bridgehead atoms. The van der Waals surface area contributed by atoms with Gasteiger partial charge < -0.3 is 10.1 Å². The highest BCUT2D eigenvalue weighted by Gasteiger charge is 2.05. The molecule has 3 aromatic carbocycles. The van der Waals surface area contributed by atoms with Crippen LogP contribution in [0.25, 0.3) is 0 Å². The molecule has 0 atom stereocenters. The van der Waals surface area contributed by atoms with E-state index in [0.717, 1.165) is 5.56 Å². The number of nitro benzene ring substituents is 1. The topological polar surface area (TPSA) is 106 Å². The van der Waals surface area contributed by atoms with Crippen LogP contribution in [-0.2, 0) is 4.79 Å². The van der Waals surface area contributed by atoms with Crippen molar-refractivity contribution in [1.82, 2.24) is 0 Å². The second-order valence-electron chi connectivity index (χ2n) is 5.95. The van der Waals surface area contributed by atoms with Gasteiger partial charge in [0.25, 0.3) is 11.6 Å². The molecular weight excluding hydrogens is 372 g/mol. The van der Waals surface area contributed by atoms with E-state index in [1.54, 1.807) is 54.7 Å². The maximum atomic E-state index is 11.9. The van der Waals surface area contributed by atoms with Crippen molar-refractivity contribution in [3.8, 4) is 5.75 Å². The van der Waals surface area contributed by atoms with Crippen LogP contribution in [0.2, 0.25) is 0 Å². The first-order chi connectivity index (χ1) is 14.1. The van der Waals surface area contributed by atoms with Gasteiger partial charge in [0.1, 0.15) is 5.75 Å². The van der Waals surface area contributed by atoms with Crippen molar-refractivity contribution in [2.24, 2.45) is 5.10 Å². The lowest BCUT2D eigenvalue weighted by Gasteiger charge is -2.07.